The van der Waals surface area contributed by atoms with Crippen molar-refractivity contribution >= 4 is 16.0 Å². The van der Waals surface area contributed by atoms with E-state index < -0.39 is 22.0 Å². The molecular formula is C26H27NO6S. The number of sulfonamides is 1. The highest BCUT2D eigenvalue weighted by molar-refractivity contribution is 7.89. The van der Waals surface area contributed by atoms with E-state index in [1.165, 1.54) is 23.5 Å². The van der Waals surface area contributed by atoms with Gasteiger partial charge in [-0.2, -0.15) is 4.31 Å². The lowest BCUT2D eigenvalue weighted by molar-refractivity contribution is -0.150. The van der Waals surface area contributed by atoms with Crippen molar-refractivity contribution in [3.63, 3.8) is 0 Å². The Bertz CT molecular complexity index is 1190. The molecule has 0 radical (unpaired) electrons. The second kappa shape index (κ2) is 10.7. The average molecular weight is 482 g/mol. The third-order valence-electron chi connectivity index (χ3n) is 5.68. The van der Waals surface area contributed by atoms with Crippen molar-refractivity contribution < 1.29 is 27.4 Å². The SMILES string of the molecule is COc1ccc(S(=O)(=O)N2CCCCC2C(=O)OCc2ccc(Oc3ccccc3)cc2)cc1. The fraction of sp³-hybridized carbons (Fsp3) is 0.269. The van der Waals surface area contributed by atoms with Crippen molar-refractivity contribution in [3.05, 3.63) is 84.4 Å². The molecule has 0 aromatic heterocycles. The van der Waals surface area contributed by atoms with Crippen LogP contribution in [-0.2, 0) is 26.2 Å². The maximum Gasteiger partial charge on any atom is 0.324 e. The normalized spacial score (nSPS) is 16.6. The molecule has 4 rings (SSSR count). The van der Waals surface area contributed by atoms with Crippen molar-refractivity contribution in [1.29, 1.82) is 0 Å². The number of ether oxygens (including phenoxy) is 3. The smallest absolute Gasteiger partial charge is 0.324 e. The maximum absolute atomic E-state index is 13.2. The number of piperidine rings is 1. The molecule has 3 aromatic rings. The third-order valence-corrected chi connectivity index (χ3v) is 7.60. The number of rotatable bonds is 8. The van der Waals surface area contributed by atoms with Crippen LogP contribution in [0.2, 0.25) is 0 Å². The zero-order valence-corrected chi connectivity index (χ0v) is 19.7. The first-order chi connectivity index (χ1) is 16.5. The number of benzene rings is 3. The maximum atomic E-state index is 13.2. The lowest BCUT2D eigenvalue weighted by Crippen LogP contribution is -2.48. The monoisotopic (exact) mass is 481 g/mol. The van der Waals surface area contributed by atoms with Crippen LogP contribution in [0.1, 0.15) is 24.8 Å². The Morgan fingerprint density at radius 2 is 1.53 bits per heavy atom. The fourth-order valence-corrected chi connectivity index (χ4v) is 5.49. The van der Waals surface area contributed by atoms with Crippen LogP contribution in [0.15, 0.2) is 83.8 Å². The van der Waals surface area contributed by atoms with Gasteiger partial charge in [0.05, 0.1) is 12.0 Å². The van der Waals surface area contributed by atoms with Gasteiger partial charge in [0.2, 0.25) is 10.0 Å². The van der Waals surface area contributed by atoms with Crippen LogP contribution in [0, 0.1) is 0 Å². The van der Waals surface area contributed by atoms with Crippen LogP contribution in [-0.4, -0.2) is 38.4 Å². The molecule has 1 fully saturated rings. The minimum absolute atomic E-state index is 0.0530. The number of para-hydroxylation sites is 1. The van der Waals surface area contributed by atoms with E-state index in [9.17, 15) is 13.2 Å². The highest BCUT2D eigenvalue weighted by atomic mass is 32.2. The molecule has 1 aliphatic heterocycles. The van der Waals surface area contributed by atoms with Crippen molar-refractivity contribution in [2.45, 2.75) is 36.8 Å². The van der Waals surface area contributed by atoms with Gasteiger partial charge in [0, 0.05) is 6.54 Å². The zero-order chi connectivity index (χ0) is 24.0. The predicted octanol–water partition coefficient (Wildman–Crippen LogP) is 4.77. The molecule has 0 bridgehead atoms. The summed E-state index contributed by atoms with van der Waals surface area (Å²) in [7, 11) is -2.32. The summed E-state index contributed by atoms with van der Waals surface area (Å²) in [5, 5.41) is 0. The zero-order valence-electron chi connectivity index (χ0n) is 18.9. The molecule has 34 heavy (non-hydrogen) atoms. The molecular weight excluding hydrogens is 454 g/mol. The first-order valence-corrected chi connectivity index (χ1v) is 12.6. The van der Waals surface area contributed by atoms with Gasteiger partial charge in [-0.25, -0.2) is 8.42 Å². The number of nitrogens with zero attached hydrogens (tertiary/aromatic N) is 1. The summed E-state index contributed by atoms with van der Waals surface area (Å²) in [4.78, 5) is 13.0. The van der Waals surface area contributed by atoms with Crippen molar-refractivity contribution in [2.24, 2.45) is 0 Å². The lowest BCUT2D eigenvalue weighted by atomic mass is 10.1. The summed E-state index contributed by atoms with van der Waals surface area (Å²) >= 11 is 0. The van der Waals surface area contributed by atoms with Crippen LogP contribution >= 0.6 is 0 Å². The third kappa shape index (κ3) is 5.58. The highest BCUT2D eigenvalue weighted by Gasteiger charge is 2.38. The van der Waals surface area contributed by atoms with Gasteiger partial charge >= 0.3 is 5.97 Å². The second-order valence-corrected chi connectivity index (χ2v) is 9.86. The van der Waals surface area contributed by atoms with Crippen molar-refractivity contribution in [2.75, 3.05) is 13.7 Å². The number of hydrogen-bond acceptors (Lipinski definition) is 6. The Balaban J connectivity index is 1.40. The van der Waals surface area contributed by atoms with Crippen LogP contribution in [0.3, 0.4) is 0 Å². The summed E-state index contributed by atoms with van der Waals surface area (Å²) in [5.74, 6) is 1.43. The van der Waals surface area contributed by atoms with Gasteiger partial charge in [-0.3, -0.25) is 4.79 Å². The van der Waals surface area contributed by atoms with E-state index in [2.05, 4.69) is 0 Å². The molecule has 0 spiro atoms. The summed E-state index contributed by atoms with van der Waals surface area (Å²) in [6, 6.07) is 22.0. The van der Waals surface area contributed by atoms with E-state index in [-0.39, 0.29) is 18.0 Å². The molecule has 1 atom stereocenters. The minimum atomic E-state index is -3.84. The Morgan fingerprint density at radius 3 is 2.21 bits per heavy atom. The number of esters is 1. The van der Waals surface area contributed by atoms with E-state index >= 15 is 0 Å². The Hall–Kier alpha value is -3.36. The molecule has 1 unspecified atom stereocenters. The van der Waals surface area contributed by atoms with Crippen LogP contribution in [0.25, 0.3) is 0 Å². The second-order valence-electron chi connectivity index (χ2n) is 7.97. The predicted molar refractivity (Wildman–Crippen MR) is 127 cm³/mol. The van der Waals surface area contributed by atoms with E-state index in [0.717, 1.165) is 17.7 Å². The average Bonchev–Trinajstić information content (AvgIpc) is 2.88. The number of carbonyl (C=O) groups is 1. The van der Waals surface area contributed by atoms with E-state index in [0.29, 0.717) is 24.3 Å². The molecule has 178 valence electrons. The van der Waals surface area contributed by atoms with Crippen LogP contribution in [0.4, 0.5) is 0 Å². The van der Waals surface area contributed by atoms with E-state index in [4.69, 9.17) is 14.2 Å². The number of hydrogen-bond donors (Lipinski definition) is 0. The standard InChI is InChI=1S/C26H27NO6S/c1-31-21-14-16-24(17-15-21)34(29,30)27-18-6-5-9-25(27)26(28)32-19-20-10-12-23(13-11-20)33-22-7-3-2-4-8-22/h2-4,7-8,10-17,25H,5-6,9,18-19H2,1H3. The van der Waals surface area contributed by atoms with Crippen LogP contribution in [0.5, 0.6) is 17.2 Å². The van der Waals surface area contributed by atoms with E-state index in [1.807, 2.05) is 42.5 Å². The van der Waals surface area contributed by atoms with Gasteiger partial charge in [-0.05, 0) is 73.4 Å². The van der Waals surface area contributed by atoms with Gasteiger partial charge in [0.25, 0.3) is 0 Å². The molecule has 0 N–H and O–H groups in total. The van der Waals surface area contributed by atoms with Crippen molar-refractivity contribution in [1.82, 2.24) is 4.31 Å². The fourth-order valence-electron chi connectivity index (χ4n) is 3.84. The topological polar surface area (TPSA) is 82.1 Å². The number of methoxy groups -OCH3 is 1. The Kier molecular flexibility index (Phi) is 7.49. The van der Waals surface area contributed by atoms with Crippen LogP contribution < -0.4 is 9.47 Å². The number of carbonyl (C=O) groups excluding carboxylic acids is 1. The molecule has 0 aliphatic carbocycles. The molecule has 3 aromatic carbocycles. The van der Waals surface area contributed by atoms with Gasteiger partial charge in [-0.15, -0.1) is 0 Å². The molecule has 1 aliphatic rings. The van der Waals surface area contributed by atoms with Gasteiger partial charge < -0.3 is 14.2 Å². The molecule has 1 saturated heterocycles. The summed E-state index contributed by atoms with van der Waals surface area (Å²) in [6.07, 6.45) is 1.89. The largest absolute Gasteiger partial charge is 0.497 e. The van der Waals surface area contributed by atoms with Gasteiger partial charge in [0.15, 0.2) is 0 Å². The molecule has 0 saturated carbocycles. The van der Waals surface area contributed by atoms with Gasteiger partial charge in [0.1, 0.15) is 29.9 Å². The van der Waals surface area contributed by atoms with E-state index in [1.54, 1.807) is 24.3 Å². The quantitative estimate of drug-likeness (QED) is 0.431. The lowest BCUT2D eigenvalue weighted by Gasteiger charge is -2.33. The molecule has 1 heterocycles. The Labute approximate surface area is 199 Å². The Morgan fingerprint density at radius 1 is 0.882 bits per heavy atom. The summed E-state index contributed by atoms with van der Waals surface area (Å²) in [6.45, 7) is 0.330. The summed E-state index contributed by atoms with van der Waals surface area (Å²) < 4.78 is 44.1. The highest BCUT2D eigenvalue weighted by Crippen LogP contribution is 2.28. The first kappa shape index (κ1) is 23.8. The van der Waals surface area contributed by atoms with Crippen molar-refractivity contribution in [3.8, 4) is 17.2 Å². The molecule has 7 nitrogen and oxygen atoms in total. The molecule has 0 amide bonds. The van der Waals surface area contributed by atoms with Gasteiger partial charge in [-0.1, -0.05) is 30.3 Å². The first-order valence-electron chi connectivity index (χ1n) is 11.1. The minimum Gasteiger partial charge on any atom is -0.497 e. The molecule has 8 heteroatoms. The summed E-state index contributed by atoms with van der Waals surface area (Å²) in [5.41, 5.74) is 0.786.